The van der Waals surface area contributed by atoms with Crippen LogP contribution in [0.4, 0.5) is 8.78 Å². The first-order valence-electron chi connectivity index (χ1n) is 6.90. The fraction of sp³-hybridized carbons (Fsp3) is 0.118. The third-order valence-electron chi connectivity index (χ3n) is 3.34. The average molecular weight is 318 g/mol. The van der Waals surface area contributed by atoms with Crippen LogP contribution < -0.4 is 0 Å². The molecule has 0 amide bonds. The number of rotatable bonds is 3. The van der Waals surface area contributed by atoms with E-state index in [2.05, 4.69) is 0 Å². The van der Waals surface area contributed by atoms with E-state index < -0.39 is 23.2 Å². The molecule has 118 valence electrons. The number of esters is 1. The van der Waals surface area contributed by atoms with Gasteiger partial charge >= 0.3 is 5.97 Å². The second-order valence-corrected chi connectivity index (χ2v) is 4.80. The lowest BCUT2D eigenvalue weighted by atomic mass is 10.0. The maximum absolute atomic E-state index is 14.1. The van der Waals surface area contributed by atoms with Crippen LogP contribution in [0.25, 0.3) is 22.3 Å². The summed E-state index contributed by atoms with van der Waals surface area (Å²) in [5.41, 5.74) is -0.364. The molecule has 23 heavy (non-hydrogen) atoms. The number of furan rings is 1. The number of hydrogen-bond donors (Lipinski definition) is 1. The molecule has 4 nitrogen and oxygen atoms in total. The van der Waals surface area contributed by atoms with Crippen molar-refractivity contribution in [1.29, 1.82) is 0 Å². The summed E-state index contributed by atoms with van der Waals surface area (Å²) >= 11 is 0. The summed E-state index contributed by atoms with van der Waals surface area (Å²) in [5.74, 6) is -2.88. The molecule has 0 spiro atoms. The van der Waals surface area contributed by atoms with Crippen molar-refractivity contribution in [2.75, 3.05) is 6.61 Å². The molecule has 0 aliphatic rings. The van der Waals surface area contributed by atoms with Crippen molar-refractivity contribution in [2.24, 2.45) is 0 Å². The van der Waals surface area contributed by atoms with Crippen molar-refractivity contribution < 1.29 is 27.8 Å². The minimum atomic E-state index is -0.862. The number of benzene rings is 2. The Bertz CT molecular complexity index is 879. The van der Waals surface area contributed by atoms with Crippen molar-refractivity contribution in [1.82, 2.24) is 0 Å². The molecule has 0 saturated carbocycles. The molecule has 0 aliphatic carbocycles. The number of aromatic hydroxyl groups is 1. The highest BCUT2D eigenvalue weighted by Gasteiger charge is 2.27. The van der Waals surface area contributed by atoms with Crippen molar-refractivity contribution in [3.05, 3.63) is 53.6 Å². The van der Waals surface area contributed by atoms with E-state index in [-0.39, 0.29) is 34.6 Å². The summed E-state index contributed by atoms with van der Waals surface area (Å²) in [5, 5.41) is 9.84. The first kappa shape index (κ1) is 15.0. The topological polar surface area (TPSA) is 59.7 Å². The highest BCUT2D eigenvalue weighted by Crippen LogP contribution is 2.38. The molecule has 0 saturated heterocycles. The normalized spacial score (nSPS) is 10.9. The van der Waals surface area contributed by atoms with Gasteiger partial charge in [-0.2, -0.15) is 0 Å². The van der Waals surface area contributed by atoms with Gasteiger partial charge < -0.3 is 14.3 Å². The minimum absolute atomic E-state index is 0.0868. The van der Waals surface area contributed by atoms with E-state index in [0.717, 1.165) is 12.1 Å². The predicted molar refractivity (Wildman–Crippen MR) is 79.2 cm³/mol. The number of carbonyl (C=O) groups excluding carboxylic acids is 1. The summed E-state index contributed by atoms with van der Waals surface area (Å²) in [6.07, 6.45) is 0. The Kier molecular flexibility index (Phi) is 3.73. The van der Waals surface area contributed by atoms with Gasteiger partial charge in [0.05, 0.1) is 12.2 Å². The molecule has 0 unspecified atom stereocenters. The molecule has 3 aromatic rings. The number of ether oxygens (including phenoxy) is 1. The standard InChI is InChI=1S/C17H12F2O4/c1-2-22-17(21)14-10-8-9(20)6-7-13(10)23-16(14)15-11(18)4-3-5-12(15)19/h3-8,20H,2H2,1H3. The van der Waals surface area contributed by atoms with E-state index in [9.17, 15) is 18.7 Å². The Labute approximate surface area is 129 Å². The van der Waals surface area contributed by atoms with Gasteiger partial charge in [-0.15, -0.1) is 0 Å². The minimum Gasteiger partial charge on any atom is -0.508 e. The van der Waals surface area contributed by atoms with Gasteiger partial charge in [-0.1, -0.05) is 6.07 Å². The third kappa shape index (κ3) is 2.52. The first-order chi connectivity index (χ1) is 11.0. The summed E-state index contributed by atoms with van der Waals surface area (Å²) in [6.45, 7) is 1.70. The quantitative estimate of drug-likeness (QED) is 0.733. The molecule has 0 radical (unpaired) electrons. The molecular formula is C17H12F2O4. The Morgan fingerprint density at radius 2 is 1.91 bits per heavy atom. The molecule has 1 N–H and O–H groups in total. The summed E-state index contributed by atoms with van der Waals surface area (Å²) in [7, 11) is 0. The molecule has 0 atom stereocenters. The van der Waals surface area contributed by atoms with Crippen molar-refractivity contribution in [3.63, 3.8) is 0 Å². The smallest absolute Gasteiger partial charge is 0.342 e. The zero-order valence-corrected chi connectivity index (χ0v) is 12.1. The molecule has 0 bridgehead atoms. The van der Waals surface area contributed by atoms with E-state index in [4.69, 9.17) is 9.15 Å². The average Bonchev–Trinajstić information content (AvgIpc) is 2.85. The Morgan fingerprint density at radius 3 is 2.57 bits per heavy atom. The molecule has 0 aliphatic heterocycles. The van der Waals surface area contributed by atoms with Crippen LogP contribution in [-0.4, -0.2) is 17.7 Å². The molecule has 6 heteroatoms. The number of carbonyl (C=O) groups is 1. The summed E-state index contributed by atoms with van der Waals surface area (Å²) in [4.78, 5) is 12.2. The van der Waals surface area contributed by atoms with Gasteiger partial charge in [-0.05, 0) is 37.3 Å². The van der Waals surface area contributed by atoms with E-state index in [1.54, 1.807) is 6.92 Å². The second-order valence-electron chi connectivity index (χ2n) is 4.80. The Hall–Kier alpha value is -2.89. The van der Waals surface area contributed by atoms with Crippen LogP contribution in [0.5, 0.6) is 5.75 Å². The van der Waals surface area contributed by atoms with Crippen LogP contribution in [0.2, 0.25) is 0 Å². The van der Waals surface area contributed by atoms with Crippen LogP contribution in [0.15, 0.2) is 40.8 Å². The lowest BCUT2D eigenvalue weighted by molar-refractivity contribution is 0.0528. The SMILES string of the molecule is CCOC(=O)c1c(-c2c(F)cccc2F)oc2ccc(O)cc12. The van der Waals surface area contributed by atoms with Crippen molar-refractivity contribution in [2.45, 2.75) is 6.92 Å². The number of hydrogen-bond acceptors (Lipinski definition) is 4. The monoisotopic (exact) mass is 318 g/mol. The lowest BCUT2D eigenvalue weighted by Crippen LogP contribution is -2.06. The van der Waals surface area contributed by atoms with Gasteiger partial charge in [0.2, 0.25) is 0 Å². The number of phenols is 1. The van der Waals surface area contributed by atoms with Gasteiger partial charge in [0.15, 0.2) is 5.76 Å². The fourth-order valence-corrected chi connectivity index (χ4v) is 2.38. The maximum atomic E-state index is 14.1. The van der Waals surface area contributed by atoms with Crippen molar-refractivity contribution >= 4 is 16.9 Å². The Balaban J connectivity index is 2.36. The van der Waals surface area contributed by atoms with E-state index in [1.807, 2.05) is 0 Å². The first-order valence-corrected chi connectivity index (χ1v) is 6.90. The van der Waals surface area contributed by atoms with Gasteiger partial charge in [0.1, 0.15) is 28.5 Å². The number of halogens is 2. The predicted octanol–water partition coefficient (Wildman–Crippen LogP) is 4.26. The highest BCUT2D eigenvalue weighted by atomic mass is 19.1. The molecule has 1 aromatic heterocycles. The molecule has 1 heterocycles. The molecule has 3 rings (SSSR count). The summed E-state index contributed by atoms with van der Waals surface area (Å²) in [6, 6.07) is 7.40. The van der Waals surface area contributed by atoms with Crippen LogP contribution in [-0.2, 0) is 4.74 Å². The number of fused-ring (bicyclic) bond motifs is 1. The van der Waals surface area contributed by atoms with Crippen molar-refractivity contribution in [3.8, 4) is 17.1 Å². The molecular weight excluding hydrogens is 306 g/mol. The zero-order chi connectivity index (χ0) is 16.6. The van der Waals surface area contributed by atoms with E-state index >= 15 is 0 Å². The summed E-state index contributed by atoms with van der Waals surface area (Å²) < 4.78 is 38.6. The number of phenolic OH excluding ortho intramolecular Hbond substituents is 1. The van der Waals surface area contributed by atoms with Gasteiger partial charge in [-0.3, -0.25) is 0 Å². The Morgan fingerprint density at radius 1 is 1.22 bits per heavy atom. The third-order valence-corrected chi connectivity index (χ3v) is 3.34. The zero-order valence-electron chi connectivity index (χ0n) is 12.1. The van der Waals surface area contributed by atoms with Crippen LogP contribution in [0.3, 0.4) is 0 Å². The van der Waals surface area contributed by atoms with Crippen LogP contribution in [0, 0.1) is 11.6 Å². The lowest BCUT2D eigenvalue weighted by Gasteiger charge is -2.05. The van der Waals surface area contributed by atoms with Gasteiger partial charge in [0.25, 0.3) is 0 Å². The maximum Gasteiger partial charge on any atom is 0.342 e. The van der Waals surface area contributed by atoms with Gasteiger partial charge in [0, 0.05) is 5.39 Å². The molecule has 2 aromatic carbocycles. The van der Waals surface area contributed by atoms with Gasteiger partial charge in [-0.25, -0.2) is 13.6 Å². The second kappa shape index (κ2) is 5.72. The van der Waals surface area contributed by atoms with Crippen LogP contribution in [0.1, 0.15) is 17.3 Å². The van der Waals surface area contributed by atoms with E-state index in [1.165, 1.54) is 24.3 Å². The fourth-order valence-electron chi connectivity index (χ4n) is 2.38. The highest BCUT2D eigenvalue weighted by molar-refractivity contribution is 6.09. The van der Waals surface area contributed by atoms with Crippen LogP contribution >= 0.6 is 0 Å². The largest absolute Gasteiger partial charge is 0.508 e. The van der Waals surface area contributed by atoms with E-state index in [0.29, 0.717) is 0 Å². The molecule has 0 fully saturated rings.